The molecule has 1 aromatic heterocycles. The van der Waals surface area contributed by atoms with Gasteiger partial charge < -0.3 is 15.0 Å². The van der Waals surface area contributed by atoms with Gasteiger partial charge in [-0.2, -0.15) is 0 Å². The number of fused-ring (bicyclic) bond motifs is 1. The number of nitrogens with zero attached hydrogens (tertiary/aromatic N) is 3. The maximum atomic E-state index is 13.2. The van der Waals surface area contributed by atoms with Crippen LogP contribution in [0.15, 0.2) is 76.0 Å². The number of hydrogen-bond donors (Lipinski definition) is 1. The van der Waals surface area contributed by atoms with E-state index in [0.717, 1.165) is 17.0 Å². The minimum atomic E-state index is -0.505. The number of hydrogen-bond acceptors (Lipinski definition) is 7. The average Bonchev–Trinajstić information content (AvgIpc) is 3.20. The number of carbonyl (C=O) groups is 2. The molecule has 0 saturated heterocycles. The molecule has 1 atom stereocenters. The quantitative estimate of drug-likeness (QED) is 0.502. The molecule has 2 aliphatic rings. The van der Waals surface area contributed by atoms with E-state index in [1.165, 1.54) is 11.8 Å². The fourth-order valence-electron chi connectivity index (χ4n) is 4.00. The molecule has 0 fully saturated rings. The first-order valence-corrected chi connectivity index (χ1v) is 12.7. The van der Waals surface area contributed by atoms with Gasteiger partial charge in [0.05, 0.1) is 29.8 Å². The van der Waals surface area contributed by atoms with Gasteiger partial charge in [-0.3, -0.25) is 9.78 Å². The maximum Gasteiger partial charge on any atom is 0.338 e. The second-order valence-corrected chi connectivity index (χ2v) is 9.77. The van der Waals surface area contributed by atoms with Gasteiger partial charge in [0.2, 0.25) is 5.91 Å². The molecule has 1 amide bonds. The summed E-state index contributed by atoms with van der Waals surface area (Å²) in [6.45, 7) is 5.92. The number of thioether (sulfide) groups is 1. The molecule has 35 heavy (non-hydrogen) atoms. The lowest BCUT2D eigenvalue weighted by atomic mass is 9.94. The van der Waals surface area contributed by atoms with Crippen molar-refractivity contribution in [2.24, 2.45) is 4.99 Å². The van der Waals surface area contributed by atoms with Gasteiger partial charge in [-0.05, 0) is 56.0 Å². The second kappa shape index (κ2) is 11.1. The normalized spacial score (nSPS) is 17.2. The van der Waals surface area contributed by atoms with Crippen molar-refractivity contribution in [3.05, 3.63) is 87.3 Å². The average molecular weight is 511 g/mol. The predicted molar refractivity (Wildman–Crippen MR) is 139 cm³/mol. The molecular weight excluding hydrogens is 484 g/mol. The number of amidine groups is 1. The summed E-state index contributed by atoms with van der Waals surface area (Å²) in [7, 11) is 0. The Morgan fingerprint density at radius 2 is 2.06 bits per heavy atom. The highest BCUT2D eigenvalue weighted by atomic mass is 35.5. The number of benzene rings is 1. The molecule has 3 heterocycles. The number of rotatable bonds is 8. The third kappa shape index (κ3) is 5.94. The summed E-state index contributed by atoms with van der Waals surface area (Å²) < 4.78 is 5.56. The lowest BCUT2D eigenvalue weighted by molar-refractivity contribution is -0.143. The van der Waals surface area contributed by atoms with Crippen LogP contribution in [0.5, 0.6) is 0 Å². The number of allylic oxidation sites excluding steroid dienone is 1. The van der Waals surface area contributed by atoms with Crippen LogP contribution < -0.4 is 5.32 Å². The molecule has 2 aromatic rings. The van der Waals surface area contributed by atoms with Crippen LogP contribution in [0.2, 0.25) is 5.02 Å². The summed E-state index contributed by atoms with van der Waals surface area (Å²) in [5.74, 6) is -0.544. The molecular formula is C26H27ClN4O3S. The van der Waals surface area contributed by atoms with E-state index in [9.17, 15) is 9.59 Å². The Morgan fingerprint density at radius 3 is 2.77 bits per heavy atom. The van der Waals surface area contributed by atoms with Gasteiger partial charge in [-0.15, -0.1) is 0 Å². The number of ether oxygens (including phenoxy) is 1. The number of carbonyl (C=O) groups excluding carboxylic acids is 2. The molecule has 4 rings (SSSR count). The Balaban J connectivity index is 1.56. The van der Waals surface area contributed by atoms with Crippen molar-refractivity contribution < 1.29 is 14.3 Å². The van der Waals surface area contributed by atoms with Gasteiger partial charge in [0.1, 0.15) is 0 Å². The first-order valence-electron chi connectivity index (χ1n) is 11.4. The van der Waals surface area contributed by atoms with Crippen LogP contribution in [0.4, 0.5) is 0 Å². The Bertz CT molecular complexity index is 1210. The van der Waals surface area contributed by atoms with Crippen LogP contribution >= 0.6 is 23.4 Å². The Morgan fingerprint density at radius 1 is 1.23 bits per heavy atom. The molecule has 1 unspecified atom stereocenters. The zero-order valence-electron chi connectivity index (χ0n) is 19.8. The SMILES string of the molecule is CC1=C(C(=O)OC(C)C)C(c2cccc(Cl)c2)N2C(CC(=O)NCCc3ccccn3)=CSC2=N1. The van der Waals surface area contributed by atoms with Gasteiger partial charge in [0.25, 0.3) is 0 Å². The van der Waals surface area contributed by atoms with Crippen LogP contribution in [-0.2, 0) is 20.7 Å². The van der Waals surface area contributed by atoms with E-state index >= 15 is 0 Å². The van der Waals surface area contributed by atoms with E-state index in [1.807, 2.05) is 67.5 Å². The summed E-state index contributed by atoms with van der Waals surface area (Å²) in [5, 5.41) is 6.15. The first-order chi connectivity index (χ1) is 16.8. The van der Waals surface area contributed by atoms with Crippen molar-refractivity contribution in [3.8, 4) is 0 Å². The van der Waals surface area contributed by atoms with E-state index in [1.54, 1.807) is 12.3 Å². The predicted octanol–water partition coefficient (Wildman–Crippen LogP) is 5.01. The minimum Gasteiger partial charge on any atom is -0.459 e. The van der Waals surface area contributed by atoms with Crippen LogP contribution in [0.3, 0.4) is 0 Å². The molecule has 1 aromatic carbocycles. The first kappa shape index (κ1) is 25.0. The molecule has 2 aliphatic heterocycles. The zero-order valence-corrected chi connectivity index (χ0v) is 21.4. The van der Waals surface area contributed by atoms with Crippen molar-refractivity contribution in [2.75, 3.05) is 6.54 Å². The monoisotopic (exact) mass is 510 g/mol. The number of pyridine rings is 1. The Hall–Kier alpha value is -3.10. The van der Waals surface area contributed by atoms with Crippen molar-refractivity contribution >= 4 is 40.4 Å². The van der Waals surface area contributed by atoms with Crippen LogP contribution in [0.25, 0.3) is 0 Å². The van der Waals surface area contributed by atoms with Gasteiger partial charge in [-0.1, -0.05) is 41.6 Å². The molecule has 182 valence electrons. The van der Waals surface area contributed by atoms with Crippen molar-refractivity contribution in [2.45, 2.75) is 45.8 Å². The molecule has 0 aliphatic carbocycles. The highest BCUT2D eigenvalue weighted by Gasteiger charge is 2.41. The number of esters is 1. The standard InChI is InChI=1S/C26H27ClN4O3S/c1-16(2)34-25(33)23-17(3)30-26-31(24(23)18-7-6-8-19(27)13-18)21(15-35-26)14-22(32)29-12-10-20-9-4-5-11-28-20/h4-9,11,13,15-16,24H,10,12,14H2,1-3H3,(H,29,32). The summed E-state index contributed by atoms with van der Waals surface area (Å²) >= 11 is 7.75. The molecule has 0 spiro atoms. The Kier molecular flexibility index (Phi) is 7.93. The number of aliphatic imine (C=N–C) groups is 1. The number of halogens is 1. The smallest absolute Gasteiger partial charge is 0.338 e. The van der Waals surface area contributed by atoms with Crippen LogP contribution in [-0.4, -0.2) is 39.6 Å². The van der Waals surface area contributed by atoms with Crippen molar-refractivity contribution in [1.29, 1.82) is 0 Å². The summed E-state index contributed by atoms with van der Waals surface area (Å²) in [5.41, 5.74) is 3.53. The summed E-state index contributed by atoms with van der Waals surface area (Å²) in [6.07, 6.45) is 2.26. The topological polar surface area (TPSA) is 83.9 Å². The van der Waals surface area contributed by atoms with E-state index in [0.29, 0.717) is 34.4 Å². The lowest BCUT2D eigenvalue weighted by Crippen LogP contribution is -2.38. The highest BCUT2D eigenvalue weighted by molar-refractivity contribution is 8.16. The second-order valence-electron chi connectivity index (χ2n) is 8.50. The number of amides is 1. The molecule has 0 radical (unpaired) electrons. The summed E-state index contributed by atoms with van der Waals surface area (Å²) in [6, 6.07) is 12.6. The number of aromatic nitrogens is 1. The zero-order chi connectivity index (χ0) is 24.9. The molecule has 0 saturated carbocycles. The van der Waals surface area contributed by atoms with Gasteiger partial charge in [-0.25, -0.2) is 9.79 Å². The Labute approximate surface area is 214 Å². The maximum absolute atomic E-state index is 13.2. The lowest BCUT2D eigenvalue weighted by Gasteiger charge is -2.36. The van der Waals surface area contributed by atoms with Crippen LogP contribution in [0.1, 0.15) is 44.5 Å². The van der Waals surface area contributed by atoms with Gasteiger partial charge in [0.15, 0.2) is 5.17 Å². The van der Waals surface area contributed by atoms with Gasteiger partial charge >= 0.3 is 5.97 Å². The number of nitrogens with one attached hydrogen (secondary N) is 1. The largest absolute Gasteiger partial charge is 0.459 e. The van der Waals surface area contributed by atoms with Crippen LogP contribution in [0, 0.1) is 0 Å². The van der Waals surface area contributed by atoms with Gasteiger partial charge in [0, 0.05) is 35.6 Å². The third-order valence-electron chi connectivity index (χ3n) is 5.50. The highest BCUT2D eigenvalue weighted by Crippen LogP contribution is 2.45. The molecule has 9 heteroatoms. The molecule has 0 bridgehead atoms. The van der Waals surface area contributed by atoms with Crippen molar-refractivity contribution in [3.63, 3.8) is 0 Å². The van der Waals surface area contributed by atoms with E-state index in [-0.39, 0.29) is 18.4 Å². The van der Waals surface area contributed by atoms with Crippen molar-refractivity contribution in [1.82, 2.24) is 15.2 Å². The van der Waals surface area contributed by atoms with E-state index in [2.05, 4.69) is 15.3 Å². The minimum absolute atomic E-state index is 0.114. The molecule has 1 N–H and O–H groups in total. The van der Waals surface area contributed by atoms with E-state index in [4.69, 9.17) is 16.3 Å². The summed E-state index contributed by atoms with van der Waals surface area (Å²) in [4.78, 5) is 36.9. The fraction of sp³-hybridized carbons (Fsp3) is 0.308. The molecule has 7 nitrogen and oxygen atoms in total. The van der Waals surface area contributed by atoms with E-state index < -0.39 is 12.0 Å². The fourth-order valence-corrected chi connectivity index (χ4v) is 5.17. The third-order valence-corrected chi connectivity index (χ3v) is 6.62.